The van der Waals surface area contributed by atoms with E-state index in [1.807, 2.05) is 12.1 Å². The molecule has 0 fully saturated rings. The zero-order valence-corrected chi connectivity index (χ0v) is 10.8. The van der Waals surface area contributed by atoms with E-state index in [4.69, 9.17) is 4.74 Å². The Morgan fingerprint density at radius 1 is 1.31 bits per heavy atom. The van der Waals surface area contributed by atoms with Crippen molar-refractivity contribution in [1.82, 2.24) is 0 Å². The largest absolute Gasteiger partial charge is 0.497 e. The van der Waals surface area contributed by atoms with Crippen LogP contribution in [0.15, 0.2) is 35.9 Å². The molecule has 0 aliphatic rings. The maximum absolute atomic E-state index is 5.14. The standard InChI is InChI=1S/C15H22O/c1-5-12(2)13(3)6-7-14-8-10-15(16-4)11-9-14/h5,8-11,13H,6-7H2,1-4H3/b12-5+/t13-/m1/s1. The molecule has 0 heterocycles. The number of hydrogen-bond acceptors (Lipinski definition) is 1. The first kappa shape index (κ1) is 12.8. The Morgan fingerprint density at radius 2 is 1.94 bits per heavy atom. The molecule has 1 atom stereocenters. The molecule has 1 heteroatoms. The Morgan fingerprint density at radius 3 is 2.44 bits per heavy atom. The summed E-state index contributed by atoms with van der Waals surface area (Å²) in [4.78, 5) is 0. The van der Waals surface area contributed by atoms with Crippen LogP contribution in [0.1, 0.15) is 32.8 Å². The van der Waals surface area contributed by atoms with Crippen LogP contribution in [0.2, 0.25) is 0 Å². The molecule has 0 unspecified atom stereocenters. The molecule has 1 nitrogen and oxygen atoms in total. The topological polar surface area (TPSA) is 9.23 Å². The summed E-state index contributed by atoms with van der Waals surface area (Å²) in [5.41, 5.74) is 2.87. The minimum Gasteiger partial charge on any atom is -0.497 e. The van der Waals surface area contributed by atoms with Crippen LogP contribution >= 0.6 is 0 Å². The molecule has 0 N–H and O–H groups in total. The van der Waals surface area contributed by atoms with Gasteiger partial charge in [0.2, 0.25) is 0 Å². The van der Waals surface area contributed by atoms with Gasteiger partial charge in [-0.05, 0) is 50.3 Å². The van der Waals surface area contributed by atoms with Crippen molar-refractivity contribution in [2.75, 3.05) is 7.11 Å². The average molecular weight is 218 g/mol. The van der Waals surface area contributed by atoms with Crippen LogP contribution in [0, 0.1) is 5.92 Å². The third kappa shape index (κ3) is 3.73. The van der Waals surface area contributed by atoms with Crippen LogP contribution in [0.25, 0.3) is 0 Å². The lowest BCUT2D eigenvalue weighted by atomic mass is 9.95. The number of rotatable bonds is 5. The van der Waals surface area contributed by atoms with Gasteiger partial charge in [0.25, 0.3) is 0 Å². The van der Waals surface area contributed by atoms with Gasteiger partial charge in [0, 0.05) is 0 Å². The second-order valence-electron chi connectivity index (χ2n) is 4.32. The second-order valence-corrected chi connectivity index (χ2v) is 4.32. The minimum atomic E-state index is 0.673. The van der Waals surface area contributed by atoms with Gasteiger partial charge in [0.1, 0.15) is 5.75 Å². The molecule has 0 aliphatic heterocycles. The molecule has 0 aliphatic carbocycles. The highest BCUT2D eigenvalue weighted by Gasteiger charge is 2.04. The summed E-state index contributed by atoms with van der Waals surface area (Å²) in [5, 5.41) is 0. The first-order valence-electron chi connectivity index (χ1n) is 5.93. The quantitative estimate of drug-likeness (QED) is 0.672. The van der Waals surface area contributed by atoms with Crippen LogP contribution < -0.4 is 4.74 Å². The van der Waals surface area contributed by atoms with Crippen molar-refractivity contribution >= 4 is 0 Å². The summed E-state index contributed by atoms with van der Waals surface area (Å²) in [5.74, 6) is 1.61. The van der Waals surface area contributed by atoms with Crippen molar-refractivity contribution in [3.8, 4) is 5.75 Å². The lowest BCUT2D eigenvalue weighted by Gasteiger charge is -2.11. The summed E-state index contributed by atoms with van der Waals surface area (Å²) >= 11 is 0. The average Bonchev–Trinajstić information content (AvgIpc) is 2.35. The lowest BCUT2D eigenvalue weighted by Crippen LogP contribution is -1.98. The summed E-state index contributed by atoms with van der Waals surface area (Å²) < 4.78 is 5.14. The number of hydrogen-bond donors (Lipinski definition) is 0. The second kappa shape index (κ2) is 6.37. The molecule has 0 spiro atoms. The van der Waals surface area contributed by atoms with Crippen LogP contribution in [-0.2, 0) is 6.42 Å². The third-order valence-electron chi connectivity index (χ3n) is 3.26. The van der Waals surface area contributed by atoms with Crippen LogP contribution in [0.5, 0.6) is 5.75 Å². The van der Waals surface area contributed by atoms with Crippen molar-refractivity contribution in [3.63, 3.8) is 0 Å². The van der Waals surface area contributed by atoms with Crippen molar-refractivity contribution in [2.45, 2.75) is 33.6 Å². The van der Waals surface area contributed by atoms with Gasteiger partial charge in [-0.15, -0.1) is 0 Å². The number of benzene rings is 1. The number of aryl methyl sites for hydroxylation is 1. The maximum Gasteiger partial charge on any atom is 0.118 e. The molecule has 0 saturated carbocycles. The first-order chi connectivity index (χ1) is 7.67. The molecule has 88 valence electrons. The highest BCUT2D eigenvalue weighted by atomic mass is 16.5. The summed E-state index contributed by atoms with van der Waals surface area (Å²) in [6.07, 6.45) is 4.55. The molecule has 0 bridgehead atoms. The van der Waals surface area contributed by atoms with E-state index < -0.39 is 0 Å². The van der Waals surface area contributed by atoms with E-state index in [0.29, 0.717) is 5.92 Å². The van der Waals surface area contributed by atoms with E-state index >= 15 is 0 Å². The number of methoxy groups -OCH3 is 1. The molecule has 1 aromatic rings. The molecule has 0 saturated heterocycles. The van der Waals surface area contributed by atoms with E-state index in [2.05, 4.69) is 39.0 Å². The molecule has 0 radical (unpaired) electrons. The fraction of sp³-hybridized carbons (Fsp3) is 0.467. The van der Waals surface area contributed by atoms with Crippen molar-refractivity contribution in [1.29, 1.82) is 0 Å². The zero-order valence-electron chi connectivity index (χ0n) is 10.8. The van der Waals surface area contributed by atoms with Gasteiger partial charge < -0.3 is 4.74 Å². The van der Waals surface area contributed by atoms with Gasteiger partial charge in [-0.3, -0.25) is 0 Å². The van der Waals surface area contributed by atoms with Crippen LogP contribution in [-0.4, -0.2) is 7.11 Å². The minimum absolute atomic E-state index is 0.673. The SMILES string of the molecule is C/C=C(\C)[C@H](C)CCc1ccc(OC)cc1. The third-order valence-corrected chi connectivity index (χ3v) is 3.26. The molecular formula is C15H22O. The molecule has 1 rings (SSSR count). The zero-order chi connectivity index (χ0) is 12.0. The maximum atomic E-state index is 5.14. The number of allylic oxidation sites excluding steroid dienone is 2. The van der Waals surface area contributed by atoms with E-state index in [1.54, 1.807) is 7.11 Å². The highest BCUT2D eigenvalue weighted by molar-refractivity contribution is 5.27. The molecule has 16 heavy (non-hydrogen) atoms. The van der Waals surface area contributed by atoms with Crippen molar-refractivity contribution in [3.05, 3.63) is 41.5 Å². The Hall–Kier alpha value is -1.24. The molecule has 0 aromatic heterocycles. The smallest absolute Gasteiger partial charge is 0.118 e. The lowest BCUT2D eigenvalue weighted by molar-refractivity contribution is 0.414. The van der Waals surface area contributed by atoms with Crippen molar-refractivity contribution in [2.24, 2.45) is 5.92 Å². The molecular weight excluding hydrogens is 196 g/mol. The molecule has 1 aromatic carbocycles. The van der Waals surface area contributed by atoms with E-state index in [-0.39, 0.29) is 0 Å². The fourth-order valence-corrected chi connectivity index (χ4v) is 1.69. The monoisotopic (exact) mass is 218 g/mol. The summed E-state index contributed by atoms with van der Waals surface area (Å²) in [6, 6.07) is 8.36. The predicted octanol–water partition coefficient (Wildman–Crippen LogP) is 4.23. The van der Waals surface area contributed by atoms with Gasteiger partial charge in [0.15, 0.2) is 0 Å². The Kier molecular flexibility index (Phi) is 5.10. The first-order valence-corrected chi connectivity index (χ1v) is 5.93. The van der Waals surface area contributed by atoms with Gasteiger partial charge >= 0.3 is 0 Å². The number of ether oxygens (including phenoxy) is 1. The Bertz CT molecular complexity index is 335. The van der Waals surface area contributed by atoms with Gasteiger partial charge in [-0.1, -0.05) is 30.7 Å². The van der Waals surface area contributed by atoms with Gasteiger partial charge in [0.05, 0.1) is 7.11 Å². The van der Waals surface area contributed by atoms with E-state index in [9.17, 15) is 0 Å². The Balaban J connectivity index is 2.48. The Labute approximate surface area is 99.1 Å². The molecule has 0 amide bonds. The fourth-order valence-electron chi connectivity index (χ4n) is 1.69. The van der Waals surface area contributed by atoms with E-state index in [1.165, 1.54) is 17.6 Å². The van der Waals surface area contributed by atoms with E-state index in [0.717, 1.165) is 12.2 Å². The normalized spacial score (nSPS) is 13.6. The predicted molar refractivity (Wildman–Crippen MR) is 69.9 cm³/mol. The summed E-state index contributed by atoms with van der Waals surface area (Å²) in [7, 11) is 1.70. The highest BCUT2D eigenvalue weighted by Crippen LogP contribution is 2.18. The summed E-state index contributed by atoms with van der Waals surface area (Å²) in [6.45, 7) is 6.61. The van der Waals surface area contributed by atoms with Crippen LogP contribution in [0.3, 0.4) is 0 Å². The van der Waals surface area contributed by atoms with Gasteiger partial charge in [-0.2, -0.15) is 0 Å². The van der Waals surface area contributed by atoms with Crippen molar-refractivity contribution < 1.29 is 4.74 Å². The van der Waals surface area contributed by atoms with Crippen LogP contribution in [0.4, 0.5) is 0 Å². The van der Waals surface area contributed by atoms with Gasteiger partial charge in [-0.25, -0.2) is 0 Å².